The van der Waals surface area contributed by atoms with Gasteiger partial charge in [0.15, 0.2) is 0 Å². The Kier molecular flexibility index (Phi) is 7.07. The Morgan fingerprint density at radius 3 is 2.39 bits per heavy atom. The number of nitrogens with one attached hydrogen (secondary N) is 1. The Labute approximate surface area is 199 Å². The maximum absolute atomic E-state index is 13.2. The van der Waals surface area contributed by atoms with E-state index in [9.17, 15) is 18.0 Å². The summed E-state index contributed by atoms with van der Waals surface area (Å²) < 4.78 is 27.5. The van der Waals surface area contributed by atoms with E-state index in [2.05, 4.69) is 5.32 Å². The molecule has 2 aromatic carbocycles. The number of rotatable bonds is 5. The van der Waals surface area contributed by atoms with Crippen LogP contribution in [0.5, 0.6) is 0 Å². The zero-order chi connectivity index (χ0) is 23.6. The van der Waals surface area contributed by atoms with Gasteiger partial charge in [0.25, 0.3) is 5.91 Å². The summed E-state index contributed by atoms with van der Waals surface area (Å²) in [7, 11) is -3.73. The molecular formula is C24H28ClN3O4S. The molecular weight excluding hydrogens is 462 g/mol. The van der Waals surface area contributed by atoms with Gasteiger partial charge in [0.2, 0.25) is 15.9 Å². The Hall–Kier alpha value is -2.42. The highest BCUT2D eigenvalue weighted by atomic mass is 35.5. The zero-order valence-electron chi connectivity index (χ0n) is 18.6. The first-order valence-electron chi connectivity index (χ1n) is 11.2. The highest BCUT2D eigenvalue weighted by molar-refractivity contribution is 7.89. The second-order valence-electron chi connectivity index (χ2n) is 8.64. The number of likely N-dealkylation sites (tertiary alicyclic amines) is 1. The summed E-state index contributed by atoms with van der Waals surface area (Å²) in [5.41, 5.74) is 1.79. The van der Waals surface area contributed by atoms with Crippen LogP contribution < -0.4 is 5.32 Å². The van der Waals surface area contributed by atoms with Gasteiger partial charge in [0.05, 0.1) is 22.1 Å². The van der Waals surface area contributed by atoms with Gasteiger partial charge in [-0.1, -0.05) is 23.7 Å². The van der Waals surface area contributed by atoms with Gasteiger partial charge in [0.1, 0.15) is 0 Å². The summed E-state index contributed by atoms with van der Waals surface area (Å²) in [6.45, 7) is 3.75. The number of sulfonamides is 1. The summed E-state index contributed by atoms with van der Waals surface area (Å²) in [5.74, 6) is -0.854. The van der Waals surface area contributed by atoms with Crippen molar-refractivity contribution < 1.29 is 18.0 Å². The first-order valence-corrected chi connectivity index (χ1v) is 13.0. The van der Waals surface area contributed by atoms with Crippen molar-refractivity contribution in [2.45, 2.75) is 37.5 Å². The standard InChI is InChI=1S/C24H28ClN3O4S/c1-17-6-4-8-21(24(30)27-13-2-3-14-27)22(17)26-23(29)18-7-5-15-28(16-18)33(31,32)20-11-9-19(25)10-12-20/h4,6,8-12,18H,2-3,5,7,13-16H2,1H3,(H,26,29). The normalized spacial score (nSPS) is 19.5. The monoisotopic (exact) mass is 489 g/mol. The number of anilines is 1. The summed E-state index contributed by atoms with van der Waals surface area (Å²) in [6, 6.07) is 11.4. The van der Waals surface area contributed by atoms with Crippen molar-refractivity contribution in [3.05, 3.63) is 58.6 Å². The molecule has 1 N–H and O–H groups in total. The number of piperidine rings is 1. The van der Waals surface area contributed by atoms with Crippen molar-refractivity contribution in [1.29, 1.82) is 0 Å². The number of halogens is 1. The first-order chi connectivity index (χ1) is 15.8. The molecule has 1 atom stereocenters. The van der Waals surface area contributed by atoms with E-state index in [1.54, 1.807) is 18.2 Å². The van der Waals surface area contributed by atoms with E-state index in [0.717, 1.165) is 31.5 Å². The van der Waals surface area contributed by atoms with Crippen LogP contribution in [0.4, 0.5) is 5.69 Å². The molecule has 9 heteroatoms. The van der Waals surface area contributed by atoms with Crippen LogP contribution in [0.2, 0.25) is 5.02 Å². The third-order valence-corrected chi connectivity index (χ3v) is 8.48. The van der Waals surface area contributed by atoms with Crippen LogP contribution in [0.25, 0.3) is 0 Å². The van der Waals surface area contributed by atoms with Gasteiger partial charge < -0.3 is 10.2 Å². The van der Waals surface area contributed by atoms with Crippen molar-refractivity contribution in [3.63, 3.8) is 0 Å². The van der Waals surface area contributed by atoms with Crippen molar-refractivity contribution in [1.82, 2.24) is 9.21 Å². The summed E-state index contributed by atoms with van der Waals surface area (Å²) in [4.78, 5) is 28.2. The number of para-hydroxylation sites is 1. The number of carbonyl (C=O) groups is 2. The number of aryl methyl sites for hydroxylation is 1. The smallest absolute Gasteiger partial charge is 0.255 e. The largest absolute Gasteiger partial charge is 0.339 e. The zero-order valence-corrected chi connectivity index (χ0v) is 20.2. The Bertz CT molecular complexity index is 1140. The topological polar surface area (TPSA) is 86.8 Å². The van der Waals surface area contributed by atoms with Gasteiger partial charge in [-0.05, 0) is 68.5 Å². The second-order valence-corrected chi connectivity index (χ2v) is 11.0. The lowest BCUT2D eigenvalue weighted by atomic mass is 9.98. The molecule has 2 fully saturated rings. The first kappa shape index (κ1) is 23.7. The lowest BCUT2D eigenvalue weighted by molar-refractivity contribution is -0.120. The maximum atomic E-state index is 13.2. The summed E-state index contributed by atoms with van der Waals surface area (Å²) in [6.07, 6.45) is 3.14. The molecule has 2 heterocycles. The number of nitrogens with zero attached hydrogens (tertiary/aromatic N) is 2. The fraction of sp³-hybridized carbons (Fsp3) is 0.417. The lowest BCUT2D eigenvalue weighted by Crippen LogP contribution is -2.43. The van der Waals surface area contributed by atoms with Gasteiger partial charge in [-0.3, -0.25) is 9.59 Å². The van der Waals surface area contributed by atoms with E-state index in [1.807, 2.05) is 24.0 Å². The molecule has 0 spiro atoms. The van der Waals surface area contributed by atoms with Gasteiger partial charge in [-0.15, -0.1) is 0 Å². The molecule has 33 heavy (non-hydrogen) atoms. The number of amides is 2. The predicted octanol–water partition coefficient (Wildman–Crippen LogP) is 3.92. The SMILES string of the molecule is Cc1cccc(C(=O)N2CCCC2)c1NC(=O)C1CCCN(S(=O)(=O)c2ccc(Cl)cc2)C1. The molecule has 2 aliphatic heterocycles. The molecule has 1 unspecified atom stereocenters. The van der Waals surface area contributed by atoms with E-state index in [0.29, 0.717) is 35.7 Å². The predicted molar refractivity (Wildman–Crippen MR) is 128 cm³/mol. The average molecular weight is 490 g/mol. The van der Waals surface area contributed by atoms with Crippen LogP contribution >= 0.6 is 11.6 Å². The molecule has 0 radical (unpaired) electrons. The van der Waals surface area contributed by atoms with E-state index >= 15 is 0 Å². The van der Waals surface area contributed by atoms with Crippen molar-refractivity contribution >= 4 is 39.1 Å². The van der Waals surface area contributed by atoms with Crippen molar-refractivity contribution in [3.8, 4) is 0 Å². The minimum atomic E-state index is -3.73. The van der Waals surface area contributed by atoms with Crippen LogP contribution in [0, 0.1) is 12.8 Å². The molecule has 2 aromatic rings. The molecule has 2 saturated heterocycles. The van der Waals surface area contributed by atoms with E-state index in [-0.39, 0.29) is 23.3 Å². The number of benzene rings is 2. The molecule has 2 aliphatic rings. The fourth-order valence-corrected chi connectivity index (χ4v) is 6.11. The van der Waals surface area contributed by atoms with Crippen molar-refractivity contribution in [2.75, 3.05) is 31.5 Å². The molecule has 4 rings (SSSR count). The van der Waals surface area contributed by atoms with Crippen LogP contribution in [0.15, 0.2) is 47.4 Å². The minimum absolute atomic E-state index is 0.0814. The number of carbonyl (C=O) groups excluding carboxylic acids is 2. The number of hydrogen-bond acceptors (Lipinski definition) is 4. The highest BCUT2D eigenvalue weighted by Crippen LogP contribution is 2.28. The van der Waals surface area contributed by atoms with Crippen molar-refractivity contribution in [2.24, 2.45) is 5.92 Å². The molecule has 0 aromatic heterocycles. The molecule has 7 nitrogen and oxygen atoms in total. The van der Waals surface area contributed by atoms with Gasteiger partial charge >= 0.3 is 0 Å². The minimum Gasteiger partial charge on any atom is -0.339 e. The number of hydrogen-bond donors (Lipinski definition) is 1. The maximum Gasteiger partial charge on any atom is 0.255 e. The third kappa shape index (κ3) is 5.08. The molecule has 176 valence electrons. The quantitative estimate of drug-likeness (QED) is 0.689. The second kappa shape index (κ2) is 9.83. The highest BCUT2D eigenvalue weighted by Gasteiger charge is 2.34. The van der Waals surface area contributed by atoms with Crippen LogP contribution in [0.1, 0.15) is 41.6 Å². The Morgan fingerprint density at radius 2 is 1.70 bits per heavy atom. The molecule has 0 bridgehead atoms. The van der Waals surface area contributed by atoms with E-state index < -0.39 is 15.9 Å². The van der Waals surface area contributed by atoms with Gasteiger partial charge in [0, 0.05) is 31.2 Å². The van der Waals surface area contributed by atoms with E-state index in [4.69, 9.17) is 11.6 Å². The third-order valence-electron chi connectivity index (χ3n) is 6.35. The molecule has 2 amide bonds. The van der Waals surface area contributed by atoms with Crippen LogP contribution in [-0.2, 0) is 14.8 Å². The lowest BCUT2D eigenvalue weighted by Gasteiger charge is -2.31. The van der Waals surface area contributed by atoms with Gasteiger partial charge in [-0.2, -0.15) is 4.31 Å². The Balaban J connectivity index is 1.51. The molecule has 0 aliphatic carbocycles. The Morgan fingerprint density at radius 1 is 1.00 bits per heavy atom. The van der Waals surface area contributed by atoms with Crippen LogP contribution in [-0.4, -0.2) is 55.6 Å². The average Bonchev–Trinajstić information content (AvgIpc) is 3.35. The summed E-state index contributed by atoms with van der Waals surface area (Å²) >= 11 is 5.89. The van der Waals surface area contributed by atoms with Gasteiger partial charge in [-0.25, -0.2) is 8.42 Å². The summed E-state index contributed by atoms with van der Waals surface area (Å²) in [5, 5.41) is 3.41. The molecule has 0 saturated carbocycles. The van der Waals surface area contributed by atoms with E-state index in [1.165, 1.54) is 16.4 Å². The van der Waals surface area contributed by atoms with Crippen LogP contribution in [0.3, 0.4) is 0 Å². The fourth-order valence-electron chi connectivity index (χ4n) is 4.46.